The van der Waals surface area contributed by atoms with Gasteiger partial charge in [-0.2, -0.15) is 22.5 Å². The lowest BCUT2D eigenvalue weighted by Crippen LogP contribution is -2.44. The van der Waals surface area contributed by atoms with Crippen LogP contribution in [0.2, 0.25) is 0 Å². The number of aryl methyl sites for hydroxylation is 1. The van der Waals surface area contributed by atoms with Gasteiger partial charge in [-0.15, -0.1) is 0 Å². The molecule has 2 rings (SSSR count). The fourth-order valence-corrected chi connectivity index (χ4v) is 3.61. The monoisotopic (exact) mass is 272 g/mol. The smallest absolute Gasteiger partial charge is 0.275 e. The number of nitrogens with one attached hydrogen (secondary N) is 1. The summed E-state index contributed by atoms with van der Waals surface area (Å²) >= 11 is 0. The van der Waals surface area contributed by atoms with Crippen molar-refractivity contribution in [2.75, 3.05) is 13.1 Å². The molecule has 1 N–H and O–H groups in total. The van der Waals surface area contributed by atoms with Gasteiger partial charge in [0.1, 0.15) is 0 Å². The van der Waals surface area contributed by atoms with Crippen LogP contribution in [-0.4, -0.2) is 35.6 Å². The first-order valence-electron chi connectivity index (χ1n) is 6.25. The van der Waals surface area contributed by atoms with E-state index in [4.69, 9.17) is 0 Å². The lowest BCUT2D eigenvalue weighted by atomic mass is 10.2. The summed E-state index contributed by atoms with van der Waals surface area (Å²) in [4.78, 5) is 0. The average molecular weight is 272 g/mol. The first kappa shape index (κ1) is 13.5. The minimum Gasteiger partial charge on any atom is -0.275 e. The molecule has 1 aliphatic rings. The molecule has 6 nitrogen and oxygen atoms in total. The van der Waals surface area contributed by atoms with Crippen molar-refractivity contribution < 1.29 is 8.42 Å². The Hall–Kier alpha value is -0.920. The maximum Gasteiger partial charge on any atom is 0.279 e. The number of rotatable bonds is 4. The molecule has 1 fully saturated rings. The predicted molar refractivity (Wildman–Crippen MR) is 69.1 cm³/mol. The van der Waals surface area contributed by atoms with Gasteiger partial charge < -0.3 is 0 Å². The van der Waals surface area contributed by atoms with Crippen LogP contribution in [0, 0.1) is 0 Å². The van der Waals surface area contributed by atoms with E-state index in [2.05, 4.69) is 9.82 Å². The minimum absolute atomic E-state index is 0.259. The van der Waals surface area contributed by atoms with Crippen molar-refractivity contribution in [3.63, 3.8) is 0 Å². The Labute approximate surface area is 108 Å². The lowest BCUT2D eigenvalue weighted by Gasteiger charge is -2.27. The first-order valence-corrected chi connectivity index (χ1v) is 7.69. The van der Waals surface area contributed by atoms with Gasteiger partial charge in [-0.25, -0.2) is 0 Å². The molecule has 0 aromatic carbocycles. The van der Waals surface area contributed by atoms with Gasteiger partial charge in [-0.05, 0) is 19.8 Å². The topological polar surface area (TPSA) is 67.2 Å². The van der Waals surface area contributed by atoms with Gasteiger partial charge in [-0.1, -0.05) is 6.42 Å². The summed E-state index contributed by atoms with van der Waals surface area (Å²) in [5, 5.41) is 4.05. The van der Waals surface area contributed by atoms with Crippen LogP contribution in [0.25, 0.3) is 0 Å². The van der Waals surface area contributed by atoms with Crippen LogP contribution in [0.3, 0.4) is 0 Å². The molecule has 1 unspecified atom stereocenters. The van der Waals surface area contributed by atoms with E-state index in [1.165, 1.54) is 4.31 Å². The quantitative estimate of drug-likeness (QED) is 0.881. The molecule has 0 saturated carbocycles. The number of nitrogens with zero attached hydrogens (tertiary/aromatic N) is 3. The Bertz CT molecular complexity index is 491. The maximum atomic E-state index is 12.2. The fraction of sp³-hybridized carbons (Fsp3) is 0.727. The van der Waals surface area contributed by atoms with Crippen molar-refractivity contribution >= 4 is 10.2 Å². The van der Waals surface area contributed by atoms with Gasteiger partial charge in [0.15, 0.2) is 0 Å². The largest absolute Gasteiger partial charge is 0.279 e. The lowest BCUT2D eigenvalue weighted by molar-refractivity contribution is 0.339. The van der Waals surface area contributed by atoms with Gasteiger partial charge in [0, 0.05) is 37.9 Å². The Kier molecular flexibility index (Phi) is 4.04. The normalized spacial score (nSPS) is 19.9. The van der Waals surface area contributed by atoms with Crippen molar-refractivity contribution in [3.05, 3.63) is 18.0 Å². The second kappa shape index (κ2) is 5.38. The van der Waals surface area contributed by atoms with Gasteiger partial charge in [-0.3, -0.25) is 4.68 Å². The van der Waals surface area contributed by atoms with Crippen LogP contribution >= 0.6 is 0 Å². The first-order chi connectivity index (χ1) is 8.49. The number of aromatic nitrogens is 2. The van der Waals surface area contributed by atoms with Crippen molar-refractivity contribution in [3.8, 4) is 0 Å². The summed E-state index contributed by atoms with van der Waals surface area (Å²) < 4.78 is 30.2. The summed E-state index contributed by atoms with van der Waals surface area (Å²) in [5.74, 6) is 0. The van der Waals surface area contributed by atoms with Crippen LogP contribution in [0.4, 0.5) is 0 Å². The van der Waals surface area contributed by atoms with Crippen molar-refractivity contribution in [1.82, 2.24) is 18.8 Å². The number of hydrogen-bond donors (Lipinski definition) is 1. The Balaban J connectivity index is 2.03. The third-order valence-corrected chi connectivity index (χ3v) is 4.90. The standard InChI is InChI=1S/C11H20N4O2S/c1-10(11-8-12-14(2)9-11)13-18(16,17)15-6-4-3-5-7-15/h8-10,13H,3-7H2,1-2H3. The third kappa shape index (κ3) is 3.09. The maximum absolute atomic E-state index is 12.2. The molecule has 1 aliphatic heterocycles. The molecule has 1 aromatic rings. The molecule has 1 aromatic heterocycles. The van der Waals surface area contributed by atoms with E-state index < -0.39 is 10.2 Å². The molecule has 0 bridgehead atoms. The summed E-state index contributed by atoms with van der Waals surface area (Å²) in [6.07, 6.45) is 6.52. The molecule has 1 atom stereocenters. The van der Waals surface area contributed by atoms with Crippen molar-refractivity contribution in [1.29, 1.82) is 0 Å². The summed E-state index contributed by atoms with van der Waals surface area (Å²) in [6, 6.07) is -0.259. The van der Waals surface area contributed by atoms with Crippen molar-refractivity contribution in [2.45, 2.75) is 32.2 Å². The van der Waals surface area contributed by atoms with Crippen LogP contribution in [0.1, 0.15) is 37.8 Å². The number of hydrogen-bond acceptors (Lipinski definition) is 3. The van der Waals surface area contributed by atoms with Crippen LogP contribution < -0.4 is 4.72 Å². The fourth-order valence-electron chi connectivity index (χ4n) is 2.13. The second-order valence-electron chi connectivity index (χ2n) is 4.75. The van der Waals surface area contributed by atoms with Crippen molar-refractivity contribution in [2.24, 2.45) is 7.05 Å². The SMILES string of the molecule is CC(NS(=O)(=O)N1CCCCC1)c1cnn(C)c1. The van der Waals surface area contributed by atoms with E-state index in [0.717, 1.165) is 24.8 Å². The molecule has 102 valence electrons. The molecule has 7 heteroatoms. The molecule has 2 heterocycles. The zero-order valence-corrected chi connectivity index (χ0v) is 11.7. The van der Waals surface area contributed by atoms with Gasteiger partial charge in [0.2, 0.25) is 0 Å². The zero-order chi connectivity index (χ0) is 13.2. The van der Waals surface area contributed by atoms with E-state index in [-0.39, 0.29) is 6.04 Å². The summed E-state index contributed by atoms with van der Waals surface area (Å²) in [5.41, 5.74) is 0.873. The zero-order valence-electron chi connectivity index (χ0n) is 10.8. The predicted octanol–water partition coefficient (Wildman–Crippen LogP) is 0.801. The van der Waals surface area contributed by atoms with E-state index in [9.17, 15) is 8.42 Å². The van der Waals surface area contributed by atoms with E-state index in [1.54, 1.807) is 10.9 Å². The van der Waals surface area contributed by atoms with E-state index in [1.807, 2.05) is 20.2 Å². The van der Waals surface area contributed by atoms with Crippen LogP contribution in [0.5, 0.6) is 0 Å². The van der Waals surface area contributed by atoms with E-state index in [0.29, 0.717) is 13.1 Å². The number of piperidine rings is 1. The second-order valence-corrected chi connectivity index (χ2v) is 6.45. The molecular weight excluding hydrogens is 252 g/mol. The highest BCUT2D eigenvalue weighted by Gasteiger charge is 2.25. The summed E-state index contributed by atoms with van der Waals surface area (Å²) in [6.45, 7) is 3.07. The van der Waals surface area contributed by atoms with Crippen LogP contribution in [0.15, 0.2) is 12.4 Å². The highest BCUT2D eigenvalue weighted by molar-refractivity contribution is 7.87. The van der Waals surface area contributed by atoms with Gasteiger partial charge in [0.25, 0.3) is 10.2 Å². The Morgan fingerprint density at radius 1 is 1.33 bits per heavy atom. The molecule has 0 spiro atoms. The molecule has 0 radical (unpaired) electrons. The van der Waals surface area contributed by atoms with Gasteiger partial charge >= 0.3 is 0 Å². The average Bonchev–Trinajstić information content (AvgIpc) is 2.77. The van der Waals surface area contributed by atoms with Gasteiger partial charge in [0.05, 0.1) is 6.20 Å². The van der Waals surface area contributed by atoms with Crippen LogP contribution in [-0.2, 0) is 17.3 Å². The third-order valence-electron chi connectivity index (χ3n) is 3.21. The highest BCUT2D eigenvalue weighted by Crippen LogP contribution is 2.16. The highest BCUT2D eigenvalue weighted by atomic mass is 32.2. The molecule has 1 saturated heterocycles. The van der Waals surface area contributed by atoms with E-state index >= 15 is 0 Å². The Morgan fingerprint density at radius 2 is 2.00 bits per heavy atom. The summed E-state index contributed by atoms with van der Waals surface area (Å²) in [7, 11) is -1.56. The minimum atomic E-state index is -3.38. The molecule has 0 aliphatic carbocycles. The molecule has 0 amide bonds. The molecular formula is C11H20N4O2S. The Morgan fingerprint density at radius 3 is 2.56 bits per heavy atom. The molecule has 18 heavy (non-hydrogen) atoms.